The van der Waals surface area contributed by atoms with E-state index in [4.69, 9.17) is 4.74 Å². The van der Waals surface area contributed by atoms with E-state index in [1.807, 2.05) is 18.2 Å². The zero-order valence-corrected chi connectivity index (χ0v) is 12.2. The van der Waals surface area contributed by atoms with Gasteiger partial charge in [0.15, 0.2) is 0 Å². The van der Waals surface area contributed by atoms with E-state index >= 15 is 0 Å². The highest BCUT2D eigenvalue weighted by Gasteiger charge is 2.06. The van der Waals surface area contributed by atoms with Gasteiger partial charge in [-0.2, -0.15) is 0 Å². The van der Waals surface area contributed by atoms with Gasteiger partial charge < -0.3 is 4.74 Å². The van der Waals surface area contributed by atoms with E-state index in [9.17, 15) is 0 Å². The molecule has 2 rings (SSSR count). The van der Waals surface area contributed by atoms with E-state index in [0.29, 0.717) is 12.5 Å². The number of halogens is 2. The monoisotopic (exact) mass is 362 g/mol. The van der Waals surface area contributed by atoms with Crippen molar-refractivity contribution in [1.29, 1.82) is 0 Å². The highest BCUT2D eigenvalue weighted by molar-refractivity contribution is 9.11. The average molecular weight is 364 g/mol. The maximum Gasteiger partial charge on any atom is 0.234 e. The molecule has 0 saturated heterocycles. The molecule has 6 heteroatoms. The number of nitrogens with zero attached hydrogens (tertiary/aromatic N) is 2. The molecule has 0 amide bonds. The molecular formula is C10H8Br2N2OS. The summed E-state index contributed by atoms with van der Waals surface area (Å²) in [6.45, 7) is 0.451. The highest BCUT2D eigenvalue weighted by atomic mass is 79.9. The summed E-state index contributed by atoms with van der Waals surface area (Å²) in [5.74, 6) is 0.553. The molecule has 0 N–H and O–H groups in total. The molecule has 3 nitrogen and oxygen atoms in total. The summed E-state index contributed by atoms with van der Waals surface area (Å²) in [6.07, 6.45) is 1.72. The van der Waals surface area contributed by atoms with Crippen molar-refractivity contribution in [3.8, 4) is 5.88 Å². The minimum Gasteiger partial charge on any atom is -0.472 e. The average Bonchev–Trinajstić information content (AvgIpc) is 2.63. The summed E-state index contributed by atoms with van der Waals surface area (Å²) in [6, 6.07) is 7.67. The maximum atomic E-state index is 5.53. The van der Waals surface area contributed by atoms with E-state index in [-0.39, 0.29) is 0 Å². The van der Waals surface area contributed by atoms with Crippen molar-refractivity contribution in [2.75, 3.05) is 0 Å². The minimum atomic E-state index is 0.451. The summed E-state index contributed by atoms with van der Waals surface area (Å²) >= 11 is 11.0. The van der Waals surface area contributed by atoms with Gasteiger partial charge in [-0.05, 0) is 24.9 Å². The van der Waals surface area contributed by atoms with E-state index < -0.39 is 0 Å². The predicted octanol–water partition coefficient (Wildman–Crippen LogP) is 3.68. The van der Waals surface area contributed by atoms with Gasteiger partial charge in [-0.15, -0.1) is 5.10 Å². The van der Waals surface area contributed by atoms with Crippen LogP contribution in [0.2, 0.25) is 0 Å². The van der Waals surface area contributed by atoms with Crippen LogP contribution in [-0.2, 0) is 6.61 Å². The summed E-state index contributed by atoms with van der Waals surface area (Å²) in [7, 11) is 0. The summed E-state index contributed by atoms with van der Waals surface area (Å²) in [4.78, 5) is 0. The fraction of sp³-hybridized carbons (Fsp3) is 0.100. The molecule has 0 fully saturated rings. The Labute approximate surface area is 116 Å². The molecular weight excluding hydrogens is 356 g/mol. The zero-order valence-electron chi connectivity index (χ0n) is 8.10. The number of ether oxygens (including phenoxy) is 1. The van der Waals surface area contributed by atoms with Gasteiger partial charge in [-0.25, -0.2) is 4.09 Å². The molecule has 0 aliphatic heterocycles. The normalized spacial score (nSPS) is 10.4. The summed E-state index contributed by atoms with van der Waals surface area (Å²) in [5, 5.41) is 4.01. The van der Waals surface area contributed by atoms with Crippen LogP contribution >= 0.6 is 44.7 Å². The molecule has 0 saturated carbocycles. The molecule has 0 aliphatic rings. The van der Waals surface area contributed by atoms with Crippen molar-refractivity contribution >= 4 is 44.7 Å². The third kappa shape index (κ3) is 2.81. The molecule has 0 bridgehead atoms. The molecule has 16 heavy (non-hydrogen) atoms. The first-order valence-electron chi connectivity index (χ1n) is 4.47. The van der Waals surface area contributed by atoms with Gasteiger partial charge in [0.1, 0.15) is 6.61 Å². The molecule has 1 aromatic carbocycles. The second-order valence-corrected chi connectivity index (χ2v) is 5.18. The Balaban J connectivity index is 2.10. The number of thiol groups is 1. The van der Waals surface area contributed by atoms with E-state index in [1.54, 1.807) is 12.3 Å². The van der Waals surface area contributed by atoms with Gasteiger partial charge in [0.2, 0.25) is 5.88 Å². The van der Waals surface area contributed by atoms with Gasteiger partial charge in [0.25, 0.3) is 0 Å². The third-order valence-electron chi connectivity index (χ3n) is 1.98. The molecule has 1 heterocycles. The van der Waals surface area contributed by atoms with Gasteiger partial charge in [0.05, 0.1) is 0 Å². The Hall–Kier alpha value is -0.460. The second-order valence-electron chi connectivity index (χ2n) is 3.06. The van der Waals surface area contributed by atoms with Gasteiger partial charge in [-0.1, -0.05) is 37.9 Å². The van der Waals surface area contributed by atoms with Gasteiger partial charge in [0, 0.05) is 26.8 Å². The van der Waals surface area contributed by atoms with Crippen molar-refractivity contribution < 1.29 is 4.74 Å². The van der Waals surface area contributed by atoms with Crippen LogP contribution in [0.25, 0.3) is 0 Å². The lowest BCUT2D eigenvalue weighted by atomic mass is 10.2. The van der Waals surface area contributed by atoms with E-state index in [1.165, 1.54) is 4.09 Å². The first-order chi connectivity index (χ1) is 7.66. The topological polar surface area (TPSA) is 27.1 Å². The predicted molar refractivity (Wildman–Crippen MR) is 72.8 cm³/mol. The smallest absolute Gasteiger partial charge is 0.234 e. The lowest BCUT2D eigenvalue weighted by Gasteiger charge is -2.07. The van der Waals surface area contributed by atoms with Crippen LogP contribution in [0.5, 0.6) is 5.88 Å². The molecule has 0 radical (unpaired) electrons. The van der Waals surface area contributed by atoms with Crippen molar-refractivity contribution in [2.24, 2.45) is 0 Å². The fourth-order valence-corrected chi connectivity index (χ4v) is 2.57. The molecule has 1 aromatic heterocycles. The van der Waals surface area contributed by atoms with Gasteiger partial charge >= 0.3 is 0 Å². The number of aromatic nitrogens is 2. The molecule has 84 valence electrons. The Bertz CT molecular complexity index is 481. The molecule has 0 spiro atoms. The first kappa shape index (κ1) is 12.0. The molecule has 2 aromatic rings. The highest BCUT2D eigenvalue weighted by Crippen LogP contribution is 2.26. The van der Waals surface area contributed by atoms with Gasteiger partial charge in [-0.3, -0.25) is 0 Å². The summed E-state index contributed by atoms with van der Waals surface area (Å²) < 4.78 is 8.95. The van der Waals surface area contributed by atoms with Crippen LogP contribution in [0.4, 0.5) is 0 Å². The molecule has 0 unspecified atom stereocenters. The third-order valence-corrected chi connectivity index (χ3v) is 3.69. The molecule has 0 aliphatic carbocycles. The van der Waals surface area contributed by atoms with Crippen molar-refractivity contribution in [2.45, 2.75) is 6.61 Å². The Morgan fingerprint density at radius 2 is 1.94 bits per heavy atom. The van der Waals surface area contributed by atoms with Crippen molar-refractivity contribution in [1.82, 2.24) is 9.19 Å². The van der Waals surface area contributed by atoms with Crippen molar-refractivity contribution in [3.63, 3.8) is 0 Å². The van der Waals surface area contributed by atoms with E-state index in [0.717, 1.165) is 14.5 Å². The van der Waals surface area contributed by atoms with Crippen LogP contribution in [0.15, 0.2) is 39.4 Å². The number of benzene rings is 1. The van der Waals surface area contributed by atoms with Crippen LogP contribution in [0, 0.1) is 0 Å². The van der Waals surface area contributed by atoms with Crippen LogP contribution in [0.1, 0.15) is 5.56 Å². The number of hydrogen-bond acceptors (Lipinski definition) is 3. The lowest BCUT2D eigenvalue weighted by molar-refractivity contribution is 0.291. The molecule has 0 atom stereocenters. The number of hydrogen-bond donors (Lipinski definition) is 1. The fourth-order valence-electron chi connectivity index (χ4n) is 1.19. The van der Waals surface area contributed by atoms with Crippen LogP contribution < -0.4 is 4.74 Å². The Morgan fingerprint density at radius 3 is 2.50 bits per heavy atom. The SMILES string of the molecule is Sn1ccc(OCc2c(Br)cccc2Br)n1. The standard InChI is InChI=1S/C10H8Br2N2OS/c11-8-2-1-3-9(12)7(8)6-15-10-4-5-14(16)13-10/h1-5,16H,6H2. The minimum absolute atomic E-state index is 0.451. The quantitative estimate of drug-likeness (QED) is 0.842. The Morgan fingerprint density at radius 1 is 1.25 bits per heavy atom. The first-order valence-corrected chi connectivity index (χ1v) is 6.46. The van der Waals surface area contributed by atoms with Crippen LogP contribution in [-0.4, -0.2) is 9.19 Å². The number of rotatable bonds is 3. The maximum absolute atomic E-state index is 5.53. The lowest BCUT2D eigenvalue weighted by Crippen LogP contribution is -1.98. The van der Waals surface area contributed by atoms with Crippen LogP contribution in [0.3, 0.4) is 0 Å². The second kappa shape index (κ2) is 5.25. The summed E-state index contributed by atoms with van der Waals surface area (Å²) in [5.41, 5.74) is 1.05. The van der Waals surface area contributed by atoms with E-state index in [2.05, 4.69) is 49.8 Å². The zero-order chi connectivity index (χ0) is 11.5. The van der Waals surface area contributed by atoms with Crippen molar-refractivity contribution in [3.05, 3.63) is 45.0 Å². The largest absolute Gasteiger partial charge is 0.472 e. The Kier molecular flexibility index (Phi) is 3.94.